The van der Waals surface area contributed by atoms with Crippen molar-refractivity contribution in [3.63, 3.8) is 0 Å². The lowest BCUT2D eigenvalue weighted by Gasteiger charge is -2.37. The minimum Gasteiger partial charge on any atom is -0.487 e. The van der Waals surface area contributed by atoms with E-state index in [-0.39, 0.29) is 43.1 Å². The second-order valence-corrected chi connectivity index (χ2v) is 9.05. The number of ether oxygens (including phenoxy) is 2. The smallest absolute Gasteiger partial charge is 0.323 e. The Morgan fingerprint density at radius 3 is 2.58 bits per heavy atom. The van der Waals surface area contributed by atoms with Gasteiger partial charge in [-0.1, -0.05) is 18.2 Å². The van der Waals surface area contributed by atoms with Crippen LogP contribution in [0.1, 0.15) is 37.2 Å². The number of carbonyl (C=O) groups excluding carboxylic acids is 2. The van der Waals surface area contributed by atoms with Crippen LogP contribution in [-0.4, -0.2) is 48.5 Å². The second kappa shape index (κ2) is 9.41. The minimum absolute atomic E-state index is 0.0193. The fourth-order valence-electron chi connectivity index (χ4n) is 4.64. The number of aliphatic hydroxyl groups excluding tert-OH is 1. The number of rotatable bonds is 7. The monoisotopic (exact) mass is 451 g/mol. The Labute approximate surface area is 192 Å². The predicted molar refractivity (Wildman–Crippen MR) is 123 cm³/mol. The lowest BCUT2D eigenvalue weighted by Crippen LogP contribution is -2.47. The van der Waals surface area contributed by atoms with Crippen molar-refractivity contribution in [2.24, 2.45) is 5.92 Å². The van der Waals surface area contributed by atoms with Gasteiger partial charge < -0.3 is 30.5 Å². The summed E-state index contributed by atoms with van der Waals surface area (Å²) in [6, 6.07) is 14.4. The first-order valence-electron chi connectivity index (χ1n) is 11.6. The Morgan fingerprint density at radius 1 is 1.03 bits per heavy atom. The van der Waals surface area contributed by atoms with Gasteiger partial charge in [-0.2, -0.15) is 0 Å². The summed E-state index contributed by atoms with van der Waals surface area (Å²) in [7, 11) is 0. The van der Waals surface area contributed by atoms with Gasteiger partial charge in [0.05, 0.1) is 19.1 Å². The first-order chi connectivity index (χ1) is 16.1. The van der Waals surface area contributed by atoms with Gasteiger partial charge in [-0.25, -0.2) is 4.79 Å². The Balaban J connectivity index is 1.25. The zero-order chi connectivity index (χ0) is 22.8. The molecule has 174 valence electrons. The molecule has 2 heterocycles. The van der Waals surface area contributed by atoms with E-state index in [2.05, 4.69) is 16.0 Å². The summed E-state index contributed by atoms with van der Waals surface area (Å²) < 4.78 is 12.1. The molecule has 2 fully saturated rings. The maximum atomic E-state index is 12.4. The fourth-order valence-corrected chi connectivity index (χ4v) is 4.64. The molecule has 3 aliphatic rings. The molecule has 2 aromatic carbocycles. The molecule has 0 radical (unpaired) electrons. The highest BCUT2D eigenvalue weighted by atomic mass is 16.6. The van der Waals surface area contributed by atoms with Crippen LogP contribution in [0, 0.1) is 5.92 Å². The van der Waals surface area contributed by atoms with Crippen LogP contribution in [0.4, 0.5) is 16.2 Å². The van der Waals surface area contributed by atoms with Gasteiger partial charge in [0.1, 0.15) is 18.0 Å². The summed E-state index contributed by atoms with van der Waals surface area (Å²) in [5.74, 6) is 1.30. The number of aliphatic hydroxyl groups is 1. The van der Waals surface area contributed by atoms with Crippen molar-refractivity contribution in [1.29, 1.82) is 0 Å². The van der Waals surface area contributed by atoms with Crippen molar-refractivity contribution in [3.05, 3.63) is 54.1 Å². The van der Waals surface area contributed by atoms with Gasteiger partial charge >= 0.3 is 6.03 Å². The third-order valence-corrected chi connectivity index (χ3v) is 6.49. The van der Waals surface area contributed by atoms with E-state index in [9.17, 15) is 14.7 Å². The number of fused-ring (bicyclic) bond motifs is 3. The van der Waals surface area contributed by atoms with Crippen LogP contribution in [0.5, 0.6) is 5.75 Å². The Morgan fingerprint density at radius 2 is 1.82 bits per heavy atom. The molecule has 8 heteroatoms. The highest BCUT2D eigenvalue weighted by molar-refractivity contribution is 5.99. The molecule has 1 aliphatic carbocycles. The minimum atomic E-state index is -0.504. The van der Waals surface area contributed by atoms with Crippen LogP contribution in [-0.2, 0) is 9.53 Å². The zero-order valence-electron chi connectivity index (χ0n) is 18.3. The van der Waals surface area contributed by atoms with E-state index in [4.69, 9.17) is 9.47 Å². The van der Waals surface area contributed by atoms with Crippen molar-refractivity contribution in [2.75, 3.05) is 23.8 Å². The highest BCUT2D eigenvalue weighted by Crippen LogP contribution is 2.47. The third-order valence-electron chi connectivity index (χ3n) is 6.49. The zero-order valence-corrected chi connectivity index (χ0v) is 18.3. The van der Waals surface area contributed by atoms with Gasteiger partial charge in [-0.05, 0) is 55.5 Å². The summed E-state index contributed by atoms with van der Waals surface area (Å²) >= 11 is 0. The average Bonchev–Trinajstić information content (AvgIpc) is 3.58. The molecular weight excluding hydrogens is 422 g/mol. The van der Waals surface area contributed by atoms with E-state index in [0.29, 0.717) is 23.7 Å². The molecule has 4 atom stereocenters. The number of benzene rings is 2. The predicted octanol–water partition coefficient (Wildman–Crippen LogP) is 3.24. The standard InChI is InChI=1S/C25H29N3O5/c29-14-22-24-20(11-18(32-22)12-23(30)26-13-15-6-7-15)19-10-17(8-9-21(19)33-24)28-25(31)27-16-4-2-1-3-5-16/h1-5,8-10,15,18,20,22,24,29H,6-7,11-14H2,(H,26,30)(H2,27,28,31)/t18-,20+,22+,24-/m1/s1. The fraction of sp³-hybridized carbons (Fsp3) is 0.440. The SMILES string of the molecule is O=C(C[C@H]1C[C@H]2c3cc(NC(=O)Nc4ccccc4)ccc3O[C@H]2[C@H](CO)O1)NCC1CC1. The number of para-hydroxylation sites is 1. The molecule has 8 nitrogen and oxygen atoms in total. The summed E-state index contributed by atoms with van der Waals surface area (Å²) in [5, 5.41) is 18.6. The van der Waals surface area contributed by atoms with Crippen LogP contribution < -0.4 is 20.7 Å². The summed E-state index contributed by atoms with van der Waals surface area (Å²) in [5.41, 5.74) is 2.32. The average molecular weight is 452 g/mol. The van der Waals surface area contributed by atoms with Crippen molar-refractivity contribution < 1.29 is 24.2 Å². The van der Waals surface area contributed by atoms with E-state index in [1.165, 1.54) is 12.8 Å². The Kier molecular flexibility index (Phi) is 6.20. The second-order valence-electron chi connectivity index (χ2n) is 9.05. The number of urea groups is 1. The molecule has 2 aromatic rings. The van der Waals surface area contributed by atoms with Gasteiger partial charge in [0.2, 0.25) is 5.91 Å². The van der Waals surface area contributed by atoms with Crippen molar-refractivity contribution >= 4 is 23.3 Å². The van der Waals surface area contributed by atoms with E-state index in [0.717, 1.165) is 17.9 Å². The Hall–Kier alpha value is -3.10. The number of hydrogen-bond acceptors (Lipinski definition) is 5. The molecular formula is C25H29N3O5. The molecule has 5 rings (SSSR count). The molecule has 1 saturated carbocycles. The maximum Gasteiger partial charge on any atom is 0.323 e. The van der Waals surface area contributed by atoms with Crippen molar-refractivity contribution in [1.82, 2.24) is 5.32 Å². The summed E-state index contributed by atoms with van der Waals surface area (Å²) in [6.45, 7) is 0.549. The van der Waals surface area contributed by atoms with E-state index in [1.54, 1.807) is 6.07 Å². The number of anilines is 2. The largest absolute Gasteiger partial charge is 0.487 e. The lowest BCUT2D eigenvalue weighted by atomic mass is 9.84. The van der Waals surface area contributed by atoms with Gasteiger partial charge in [0.25, 0.3) is 0 Å². The van der Waals surface area contributed by atoms with Crippen LogP contribution in [0.2, 0.25) is 0 Å². The van der Waals surface area contributed by atoms with E-state index >= 15 is 0 Å². The van der Waals surface area contributed by atoms with Gasteiger partial charge in [-0.3, -0.25) is 4.79 Å². The number of carbonyl (C=O) groups is 2. The normalized spacial score (nSPS) is 25.4. The number of hydrogen-bond donors (Lipinski definition) is 4. The molecule has 0 spiro atoms. The molecule has 0 unspecified atom stereocenters. The highest BCUT2D eigenvalue weighted by Gasteiger charge is 2.46. The molecule has 4 N–H and O–H groups in total. The van der Waals surface area contributed by atoms with Gasteiger partial charge in [-0.15, -0.1) is 0 Å². The number of amides is 3. The molecule has 1 saturated heterocycles. The third kappa shape index (κ3) is 5.12. The topological polar surface area (TPSA) is 109 Å². The van der Waals surface area contributed by atoms with Crippen molar-refractivity contribution in [2.45, 2.75) is 49.9 Å². The first kappa shape index (κ1) is 21.7. The molecule has 2 aliphatic heterocycles. The Bertz CT molecular complexity index is 1010. The van der Waals surface area contributed by atoms with Crippen LogP contribution in [0.15, 0.2) is 48.5 Å². The first-order valence-corrected chi connectivity index (χ1v) is 11.6. The number of nitrogens with one attached hydrogen (secondary N) is 3. The molecule has 0 aromatic heterocycles. The maximum absolute atomic E-state index is 12.4. The molecule has 3 amide bonds. The summed E-state index contributed by atoms with van der Waals surface area (Å²) in [4.78, 5) is 24.8. The molecule has 0 bridgehead atoms. The quantitative estimate of drug-likeness (QED) is 0.517. The summed E-state index contributed by atoms with van der Waals surface area (Å²) in [6.07, 6.45) is 2.13. The molecule has 33 heavy (non-hydrogen) atoms. The van der Waals surface area contributed by atoms with Crippen LogP contribution >= 0.6 is 0 Å². The van der Waals surface area contributed by atoms with E-state index < -0.39 is 6.10 Å². The van der Waals surface area contributed by atoms with Gasteiger partial charge in [0, 0.05) is 29.4 Å². The van der Waals surface area contributed by atoms with Gasteiger partial charge in [0.15, 0.2) is 0 Å². The van der Waals surface area contributed by atoms with E-state index in [1.807, 2.05) is 42.5 Å². The van der Waals surface area contributed by atoms with Crippen LogP contribution in [0.25, 0.3) is 0 Å². The van der Waals surface area contributed by atoms with Crippen LogP contribution in [0.3, 0.4) is 0 Å². The lowest BCUT2D eigenvalue weighted by molar-refractivity contribution is -0.142. The van der Waals surface area contributed by atoms with Crippen molar-refractivity contribution in [3.8, 4) is 5.75 Å².